The van der Waals surface area contributed by atoms with Gasteiger partial charge >= 0.3 is 0 Å². The summed E-state index contributed by atoms with van der Waals surface area (Å²) in [5.41, 5.74) is 1.17. The Balaban J connectivity index is 2.17. The third-order valence-corrected chi connectivity index (χ3v) is 4.43. The zero-order chi connectivity index (χ0) is 14.2. The standard InChI is InChI=1S/C15H23BrN2O/c1-11(2)18-10-12(16)9-13(18)14(19)17-7-5-15(3,4)6-8-17/h9-11H,5-8H2,1-4H3. The molecule has 1 fully saturated rings. The van der Waals surface area contributed by atoms with Crippen molar-refractivity contribution >= 4 is 21.8 Å². The highest BCUT2D eigenvalue weighted by Crippen LogP contribution is 2.31. The number of halogens is 1. The van der Waals surface area contributed by atoms with E-state index < -0.39 is 0 Å². The Labute approximate surface area is 124 Å². The number of carbonyl (C=O) groups is 1. The van der Waals surface area contributed by atoms with E-state index in [-0.39, 0.29) is 5.91 Å². The summed E-state index contributed by atoms with van der Waals surface area (Å²) in [7, 11) is 0. The molecule has 0 spiro atoms. The van der Waals surface area contributed by atoms with Crippen LogP contribution in [0.15, 0.2) is 16.7 Å². The van der Waals surface area contributed by atoms with Gasteiger partial charge in [0.2, 0.25) is 0 Å². The molecular formula is C15H23BrN2O. The van der Waals surface area contributed by atoms with E-state index in [4.69, 9.17) is 0 Å². The monoisotopic (exact) mass is 326 g/mol. The maximum atomic E-state index is 12.6. The lowest BCUT2D eigenvalue weighted by Gasteiger charge is -2.37. The van der Waals surface area contributed by atoms with Gasteiger partial charge in [-0.2, -0.15) is 0 Å². The van der Waals surface area contributed by atoms with E-state index >= 15 is 0 Å². The van der Waals surface area contributed by atoms with Crippen LogP contribution >= 0.6 is 15.9 Å². The van der Waals surface area contributed by atoms with Gasteiger partial charge in [0.1, 0.15) is 5.69 Å². The molecule has 2 heterocycles. The molecule has 0 bridgehead atoms. The second-order valence-corrected chi connectivity index (χ2v) is 7.42. The summed E-state index contributed by atoms with van der Waals surface area (Å²) in [5, 5.41) is 0. The number of likely N-dealkylation sites (tertiary alicyclic amines) is 1. The molecule has 0 aliphatic carbocycles. The zero-order valence-corrected chi connectivity index (χ0v) is 13.8. The first-order valence-electron chi connectivity index (χ1n) is 6.97. The number of piperidine rings is 1. The summed E-state index contributed by atoms with van der Waals surface area (Å²) in [6, 6.07) is 2.23. The molecule has 1 amide bonds. The van der Waals surface area contributed by atoms with E-state index in [0.29, 0.717) is 11.5 Å². The van der Waals surface area contributed by atoms with E-state index in [1.165, 1.54) is 0 Å². The molecule has 1 aromatic heterocycles. The third-order valence-electron chi connectivity index (χ3n) is 3.99. The summed E-state index contributed by atoms with van der Waals surface area (Å²) < 4.78 is 3.02. The Morgan fingerprint density at radius 3 is 2.42 bits per heavy atom. The van der Waals surface area contributed by atoms with Crippen molar-refractivity contribution < 1.29 is 4.79 Å². The maximum absolute atomic E-state index is 12.6. The molecule has 1 saturated heterocycles. The molecule has 0 aromatic carbocycles. The van der Waals surface area contributed by atoms with E-state index in [1.807, 2.05) is 21.7 Å². The van der Waals surface area contributed by atoms with Crippen LogP contribution in [0, 0.1) is 5.41 Å². The smallest absolute Gasteiger partial charge is 0.270 e. The molecule has 0 N–H and O–H groups in total. The first-order valence-corrected chi connectivity index (χ1v) is 7.76. The van der Waals surface area contributed by atoms with Crippen molar-refractivity contribution in [1.82, 2.24) is 9.47 Å². The number of hydrogen-bond donors (Lipinski definition) is 0. The fourth-order valence-electron chi connectivity index (χ4n) is 2.52. The molecule has 106 valence electrons. The highest BCUT2D eigenvalue weighted by Gasteiger charge is 2.29. The Kier molecular flexibility index (Phi) is 4.09. The highest BCUT2D eigenvalue weighted by atomic mass is 79.9. The summed E-state index contributed by atoms with van der Waals surface area (Å²) in [6.07, 6.45) is 4.16. The van der Waals surface area contributed by atoms with Crippen molar-refractivity contribution in [1.29, 1.82) is 0 Å². The van der Waals surface area contributed by atoms with E-state index in [9.17, 15) is 4.79 Å². The zero-order valence-electron chi connectivity index (χ0n) is 12.2. The Hall–Kier alpha value is -0.770. The first kappa shape index (κ1) is 14.6. The van der Waals surface area contributed by atoms with Crippen molar-refractivity contribution in [3.05, 3.63) is 22.4 Å². The lowest BCUT2D eigenvalue weighted by atomic mass is 9.82. The minimum atomic E-state index is 0.162. The number of carbonyl (C=O) groups excluding carboxylic acids is 1. The predicted molar refractivity (Wildman–Crippen MR) is 81.4 cm³/mol. The largest absolute Gasteiger partial charge is 0.340 e. The number of rotatable bonds is 2. The van der Waals surface area contributed by atoms with Gasteiger partial charge < -0.3 is 9.47 Å². The Morgan fingerprint density at radius 2 is 1.89 bits per heavy atom. The van der Waals surface area contributed by atoms with Crippen LogP contribution < -0.4 is 0 Å². The Bertz CT molecular complexity index is 466. The van der Waals surface area contributed by atoms with E-state index in [1.54, 1.807) is 0 Å². The normalized spacial score (nSPS) is 18.9. The average molecular weight is 327 g/mol. The van der Waals surface area contributed by atoms with Crippen molar-refractivity contribution in [2.45, 2.75) is 46.6 Å². The van der Waals surface area contributed by atoms with Crippen LogP contribution in [0.1, 0.15) is 57.1 Å². The van der Waals surface area contributed by atoms with Crippen molar-refractivity contribution in [2.24, 2.45) is 5.41 Å². The molecule has 1 aliphatic rings. The molecule has 1 aromatic rings. The summed E-state index contributed by atoms with van der Waals surface area (Å²) in [5.74, 6) is 0.162. The quantitative estimate of drug-likeness (QED) is 0.803. The van der Waals surface area contributed by atoms with Crippen molar-refractivity contribution in [3.8, 4) is 0 Å². The summed E-state index contributed by atoms with van der Waals surface area (Å²) in [4.78, 5) is 14.6. The van der Waals surface area contributed by atoms with Crippen LogP contribution in [-0.4, -0.2) is 28.5 Å². The minimum Gasteiger partial charge on any atom is -0.340 e. The molecule has 0 atom stereocenters. The lowest BCUT2D eigenvalue weighted by molar-refractivity contribution is 0.0618. The first-order chi connectivity index (χ1) is 8.80. The SMILES string of the molecule is CC(C)n1cc(Br)cc1C(=O)N1CCC(C)(C)CC1. The molecule has 0 unspecified atom stereocenters. The van der Waals surface area contributed by atoms with Gasteiger partial charge in [0.05, 0.1) is 0 Å². The summed E-state index contributed by atoms with van der Waals surface area (Å²) in [6.45, 7) is 10.5. The fourth-order valence-corrected chi connectivity index (χ4v) is 2.96. The predicted octanol–water partition coefficient (Wildman–Crippen LogP) is 4.09. The van der Waals surface area contributed by atoms with Gasteiger partial charge in [-0.1, -0.05) is 13.8 Å². The number of amides is 1. The maximum Gasteiger partial charge on any atom is 0.270 e. The van der Waals surface area contributed by atoms with Crippen LogP contribution in [0.4, 0.5) is 0 Å². The fraction of sp³-hybridized carbons (Fsp3) is 0.667. The molecule has 3 nitrogen and oxygen atoms in total. The van der Waals surface area contributed by atoms with E-state index in [2.05, 4.69) is 43.6 Å². The van der Waals surface area contributed by atoms with Crippen LogP contribution in [0.25, 0.3) is 0 Å². The molecule has 0 saturated carbocycles. The molecule has 19 heavy (non-hydrogen) atoms. The van der Waals surface area contributed by atoms with E-state index in [0.717, 1.165) is 36.1 Å². The minimum absolute atomic E-state index is 0.162. The molecule has 2 rings (SSSR count). The van der Waals surface area contributed by atoms with Gasteiger partial charge in [0.15, 0.2) is 0 Å². The van der Waals surface area contributed by atoms with Gasteiger partial charge in [-0.05, 0) is 54.1 Å². The average Bonchev–Trinajstić information content (AvgIpc) is 2.70. The van der Waals surface area contributed by atoms with Gasteiger partial charge in [-0.25, -0.2) is 0 Å². The van der Waals surface area contributed by atoms with Crippen LogP contribution in [-0.2, 0) is 0 Å². The van der Waals surface area contributed by atoms with Crippen LogP contribution in [0.3, 0.4) is 0 Å². The molecule has 1 aliphatic heterocycles. The number of hydrogen-bond acceptors (Lipinski definition) is 1. The van der Waals surface area contributed by atoms with Crippen LogP contribution in [0.5, 0.6) is 0 Å². The topological polar surface area (TPSA) is 25.2 Å². The number of aromatic nitrogens is 1. The molecule has 4 heteroatoms. The highest BCUT2D eigenvalue weighted by molar-refractivity contribution is 9.10. The van der Waals surface area contributed by atoms with Gasteiger partial charge in [0, 0.05) is 29.8 Å². The molecular weight excluding hydrogens is 304 g/mol. The van der Waals surface area contributed by atoms with Crippen LogP contribution in [0.2, 0.25) is 0 Å². The van der Waals surface area contributed by atoms with Gasteiger partial charge in [-0.15, -0.1) is 0 Å². The second-order valence-electron chi connectivity index (χ2n) is 6.50. The van der Waals surface area contributed by atoms with Gasteiger partial charge in [0.25, 0.3) is 5.91 Å². The summed E-state index contributed by atoms with van der Waals surface area (Å²) >= 11 is 3.47. The lowest BCUT2D eigenvalue weighted by Crippen LogP contribution is -2.41. The van der Waals surface area contributed by atoms with Crippen molar-refractivity contribution in [2.75, 3.05) is 13.1 Å². The van der Waals surface area contributed by atoms with Crippen molar-refractivity contribution in [3.63, 3.8) is 0 Å². The number of nitrogens with zero attached hydrogens (tertiary/aromatic N) is 2. The Morgan fingerprint density at radius 1 is 1.32 bits per heavy atom. The third kappa shape index (κ3) is 3.22. The van der Waals surface area contributed by atoms with Gasteiger partial charge in [-0.3, -0.25) is 4.79 Å². The molecule has 0 radical (unpaired) electrons. The second kappa shape index (κ2) is 5.31.